The lowest BCUT2D eigenvalue weighted by Gasteiger charge is -2.38. The molecule has 0 aromatic heterocycles. The lowest BCUT2D eigenvalue weighted by Crippen LogP contribution is -3.00. The monoisotopic (exact) mass is 786 g/mol. The van der Waals surface area contributed by atoms with Gasteiger partial charge in [-0.05, 0) is 48.8 Å². The van der Waals surface area contributed by atoms with Gasteiger partial charge in [-0.15, -0.1) is 19.0 Å². The SMILES string of the molecule is C=CC(c1ccccc1)N1CCN(C(=O)CCC)CC1.C[N+]1(CCC(C(N)=O)(c2ccccc2)c2ccccc2)CCCCCC1.Cl.[I-]. The number of carbonyl (C=O) groups is 2. The van der Waals surface area contributed by atoms with Gasteiger partial charge < -0.3 is 39.1 Å². The van der Waals surface area contributed by atoms with E-state index in [1.807, 2.05) is 77.7 Å². The van der Waals surface area contributed by atoms with Crippen LogP contribution >= 0.6 is 12.4 Å². The molecular weight excluding hydrogens is 731 g/mol. The van der Waals surface area contributed by atoms with Crippen LogP contribution in [0.2, 0.25) is 0 Å². The number of benzene rings is 3. The molecule has 0 saturated carbocycles. The molecule has 3 aromatic rings. The van der Waals surface area contributed by atoms with Crippen molar-refractivity contribution in [2.45, 2.75) is 63.3 Å². The van der Waals surface area contributed by atoms with Crippen molar-refractivity contribution in [3.05, 3.63) is 120 Å². The number of nitrogens with zero attached hydrogens (tertiary/aromatic N) is 3. The van der Waals surface area contributed by atoms with Crippen LogP contribution in [0.3, 0.4) is 0 Å². The highest BCUT2D eigenvalue weighted by Crippen LogP contribution is 2.37. The van der Waals surface area contributed by atoms with Gasteiger partial charge >= 0.3 is 0 Å². The van der Waals surface area contributed by atoms with E-state index < -0.39 is 5.41 Å². The van der Waals surface area contributed by atoms with Crippen molar-refractivity contribution >= 4 is 24.2 Å². The zero-order valence-electron chi connectivity index (χ0n) is 28.9. The third-order valence-electron chi connectivity index (χ3n) is 10.0. The number of amides is 2. The van der Waals surface area contributed by atoms with Crippen molar-refractivity contribution in [3.8, 4) is 0 Å². The molecule has 2 fully saturated rings. The second-order valence-corrected chi connectivity index (χ2v) is 13.2. The van der Waals surface area contributed by atoms with E-state index >= 15 is 0 Å². The molecule has 2 saturated heterocycles. The number of nitrogens with two attached hydrogens (primary N) is 1. The van der Waals surface area contributed by atoms with Crippen LogP contribution in [-0.2, 0) is 15.0 Å². The van der Waals surface area contributed by atoms with Crippen LogP contribution in [0, 0.1) is 0 Å². The van der Waals surface area contributed by atoms with Gasteiger partial charge in [0, 0.05) is 39.0 Å². The Kier molecular flexibility index (Phi) is 17.9. The summed E-state index contributed by atoms with van der Waals surface area (Å²) >= 11 is 0. The van der Waals surface area contributed by atoms with Gasteiger partial charge in [0.15, 0.2) is 0 Å². The lowest BCUT2D eigenvalue weighted by atomic mass is 9.71. The van der Waals surface area contributed by atoms with Gasteiger partial charge in [-0.1, -0.05) is 104 Å². The number of piperazine rings is 1. The Balaban J connectivity index is 0.000000330. The average molecular weight is 787 g/mol. The molecule has 0 spiro atoms. The Morgan fingerprint density at radius 2 is 1.31 bits per heavy atom. The highest BCUT2D eigenvalue weighted by molar-refractivity contribution is 5.90. The molecule has 0 radical (unpaired) electrons. The molecule has 2 heterocycles. The van der Waals surface area contributed by atoms with Crippen molar-refractivity contribution in [2.24, 2.45) is 5.73 Å². The molecular formula is C40H56ClIN4O2. The number of quaternary nitrogens is 1. The maximum atomic E-state index is 12.9. The van der Waals surface area contributed by atoms with Crippen LogP contribution < -0.4 is 29.7 Å². The lowest BCUT2D eigenvalue weighted by molar-refractivity contribution is -0.909. The molecule has 2 aliphatic heterocycles. The second-order valence-electron chi connectivity index (χ2n) is 13.2. The number of hydrogen-bond donors (Lipinski definition) is 1. The molecule has 0 aliphatic carbocycles. The first-order valence-corrected chi connectivity index (χ1v) is 17.3. The predicted molar refractivity (Wildman–Crippen MR) is 196 cm³/mol. The van der Waals surface area contributed by atoms with Crippen molar-refractivity contribution in [2.75, 3.05) is 52.9 Å². The average Bonchev–Trinajstić information content (AvgIpc) is 3.32. The zero-order valence-corrected chi connectivity index (χ0v) is 31.9. The molecule has 48 heavy (non-hydrogen) atoms. The van der Waals surface area contributed by atoms with E-state index in [0.717, 1.165) is 61.2 Å². The molecule has 2 N–H and O–H groups in total. The Morgan fingerprint density at radius 1 is 0.833 bits per heavy atom. The van der Waals surface area contributed by atoms with Crippen molar-refractivity contribution in [1.29, 1.82) is 0 Å². The van der Waals surface area contributed by atoms with Crippen LogP contribution in [-0.4, -0.2) is 79.0 Å². The summed E-state index contributed by atoms with van der Waals surface area (Å²) in [6.45, 7) is 12.9. The number of likely N-dealkylation sites (tertiary alicyclic amines) is 1. The second kappa shape index (κ2) is 20.7. The number of hydrogen-bond acceptors (Lipinski definition) is 3. The third-order valence-corrected chi connectivity index (χ3v) is 10.0. The van der Waals surface area contributed by atoms with E-state index in [0.29, 0.717) is 12.3 Å². The summed E-state index contributed by atoms with van der Waals surface area (Å²) in [6.07, 6.45) is 9.54. The third kappa shape index (κ3) is 10.9. The molecule has 1 unspecified atom stereocenters. The smallest absolute Gasteiger partial charge is 0.232 e. The summed E-state index contributed by atoms with van der Waals surface area (Å²) in [6, 6.07) is 30.8. The summed E-state index contributed by atoms with van der Waals surface area (Å²) in [7, 11) is 2.34. The molecule has 1 atom stereocenters. The first-order chi connectivity index (χ1) is 22.3. The highest BCUT2D eigenvalue weighted by Gasteiger charge is 2.42. The summed E-state index contributed by atoms with van der Waals surface area (Å²) in [4.78, 5) is 29.2. The Morgan fingerprint density at radius 3 is 1.75 bits per heavy atom. The normalized spacial score (nSPS) is 16.8. The Bertz CT molecular complexity index is 1320. The van der Waals surface area contributed by atoms with E-state index in [-0.39, 0.29) is 48.3 Å². The molecule has 262 valence electrons. The Labute approximate surface area is 312 Å². The van der Waals surface area contributed by atoms with Crippen molar-refractivity contribution in [3.63, 3.8) is 0 Å². The van der Waals surface area contributed by atoms with E-state index in [1.54, 1.807) is 0 Å². The summed E-state index contributed by atoms with van der Waals surface area (Å²) < 4.78 is 1.04. The predicted octanol–water partition coefficient (Wildman–Crippen LogP) is 4.15. The van der Waals surface area contributed by atoms with Gasteiger partial charge in [-0.2, -0.15) is 0 Å². The fraction of sp³-hybridized carbons (Fsp3) is 0.450. The first kappa shape index (κ1) is 41.5. The van der Waals surface area contributed by atoms with Crippen LogP contribution in [0.1, 0.15) is 74.6 Å². The molecule has 5 rings (SSSR count). The van der Waals surface area contributed by atoms with Crippen LogP contribution in [0.4, 0.5) is 0 Å². The fourth-order valence-corrected chi connectivity index (χ4v) is 7.19. The maximum Gasteiger partial charge on any atom is 0.232 e. The minimum absolute atomic E-state index is 0. The van der Waals surface area contributed by atoms with Gasteiger partial charge in [0.25, 0.3) is 0 Å². The van der Waals surface area contributed by atoms with Crippen molar-refractivity contribution < 1.29 is 38.0 Å². The fourth-order valence-electron chi connectivity index (χ4n) is 7.19. The van der Waals surface area contributed by atoms with Gasteiger partial charge in [-0.25, -0.2) is 0 Å². The quantitative estimate of drug-likeness (QED) is 0.181. The van der Waals surface area contributed by atoms with Crippen LogP contribution in [0.15, 0.2) is 104 Å². The molecule has 2 aliphatic rings. The van der Waals surface area contributed by atoms with Gasteiger partial charge in [0.2, 0.25) is 11.8 Å². The van der Waals surface area contributed by atoms with Gasteiger partial charge in [0.1, 0.15) is 5.41 Å². The minimum Gasteiger partial charge on any atom is -1.00 e. The number of rotatable bonds is 11. The van der Waals surface area contributed by atoms with Crippen LogP contribution in [0.5, 0.6) is 0 Å². The Hall–Kier alpha value is -2.72. The maximum absolute atomic E-state index is 12.9. The summed E-state index contributed by atoms with van der Waals surface area (Å²) in [5.74, 6) is 0.0401. The number of carbonyl (C=O) groups excluding carboxylic acids is 2. The van der Waals surface area contributed by atoms with Gasteiger partial charge in [0.05, 0.1) is 32.7 Å². The zero-order chi connectivity index (χ0) is 32.8. The number of primary amides is 1. The minimum atomic E-state index is -0.768. The largest absolute Gasteiger partial charge is 1.00 e. The van der Waals surface area contributed by atoms with E-state index in [2.05, 4.69) is 49.7 Å². The van der Waals surface area contributed by atoms with E-state index in [4.69, 9.17) is 5.73 Å². The topological polar surface area (TPSA) is 66.6 Å². The molecule has 8 heteroatoms. The molecule has 2 amide bonds. The van der Waals surface area contributed by atoms with Gasteiger partial charge in [-0.3, -0.25) is 14.5 Å². The summed E-state index contributed by atoms with van der Waals surface area (Å²) in [5.41, 5.74) is 8.59. The first-order valence-electron chi connectivity index (χ1n) is 17.3. The van der Waals surface area contributed by atoms with Crippen LogP contribution in [0.25, 0.3) is 0 Å². The highest BCUT2D eigenvalue weighted by atomic mass is 127. The molecule has 0 bridgehead atoms. The molecule has 3 aromatic carbocycles. The van der Waals surface area contributed by atoms with Crippen molar-refractivity contribution in [1.82, 2.24) is 9.80 Å². The number of halogens is 2. The van der Waals surface area contributed by atoms with E-state index in [1.165, 1.54) is 44.3 Å². The summed E-state index contributed by atoms with van der Waals surface area (Å²) in [5, 5.41) is 0. The molecule has 6 nitrogen and oxygen atoms in total. The standard InChI is InChI=1S/C23H30N2O.C17H24N2O.ClH.HI/c1-25(17-10-2-3-11-18-25)19-16-23(22(24)26,20-12-6-4-7-13-20)21-14-8-5-9-15-21;1-3-8-17(20)19-13-11-18(12-14-19)16(4-2)15-9-6-5-7-10-15;;/h4-9,12-15H,2-3,10-11,16-19H2,1H3,(H-,24,26);4-7,9-10,16H,2-3,8,11-14H2,1H3;2*1H. The van der Waals surface area contributed by atoms with E-state index in [9.17, 15) is 9.59 Å².